The Bertz CT molecular complexity index is 968. The number of nitrogens with zero attached hydrogens (tertiary/aromatic N) is 1. The Kier molecular flexibility index (Phi) is 8.03. The van der Waals surface area contributed by atoms with Gasteiger partial charge in [0.25, 0.3) is 11.8 Å². The number of rotatable bonds is 7. The molecule has 1 atom stereocenters. The summed E-state index contributed by atoms with van der Waals surface area (Å²) >= 11 is 0. The van der Waals surface area contributed by atoms with Crippen molar-refractivity contribution < 1.29 is 23.5 Å². The number of carbonyl (C=O) groups is 3. The van der Waals surface area contributed by atoms with Crippen molar-refractivity contribution >= 4 is 17.7 Å². The van der Waals surface area contributed by atoms with Gasteiger partial charge in [-0.15, -0.1) is 0 Å². The van der Waals surface area contributed by atoms with E-state index in [0.29, 0.717) is 42.8 Å². The summed E-state index contributed by atoms with van der Waals surface area (Å²) in [4.78, 5) is 40.2. The molecule has 1 aliphatic rings. The molecule has 0 radical (unpaired) electrons. The third-order valence-corrected chi connectivity index (χ3v) is 5.74. The highest BCUT2D eigenvalue weighted by Crippen LogP contribution is 2.23. The number of amides is 3. The fourth-order valence-electron chi connectivity index (χ4n) is 3.95. The number of benzene rings is 2. The quantitative estimate of drug-likeness (QED) is 0.672. The van der Waals surface area contributed by atoms with Gasteiger partial charge in [-0.3, -0.25) is 14.4 Å². The first-order valence-corrected chi connectivity index (χ1v) is 11.1. The van der Waals surface area contributed by atoms with E-state index in [2.05, 4.69) is 10.6 Å². The standard InChI is InChI=1S/C25H30FN3O4/c1-16(2)27-24(31)22(28-23(30)18-6-10-21(33-3)11-7-18)17-12-14-29(15-13-17)25(32)19-4-8-20(26)9-5-19/h4-11,16-17,22H,12-15H2,1-3H3,(H,27,31)(H,28,30). The molecule has 8 heteroatoms. The number of methoxy groups -OCH3 is 1. The van der Waals surface area contributed by atoms with Crippen molar-refractivity contribution in [2.45, 2.75) is 38.8 Å². The van der Waals surface area contributed by atoms with Gasteiger partial charge in [-0.2, -0.15) is 0 Å². The monoisotopic (exact) mass is 455 g/mol. The number of ether oxygens (including phenoxy) is 1. The van der Waals surface area contributed by atoms with E-state index in [-0.39, 0.29) is 29.7 Å². The van der Waals surface area contributed by atoms with E-state index in [4.69, 9.17) is 4.74 Å². The molecule has 0 spiro atoms. The van der Waals surface area contributed by atoms with Gasteiger partial charge in [-0.25, -0.2) is 4.39 Å². The second-order valence-electron chi connectivity index (χ2n) is 8.48. The maximum atomic E-state index is 13.2. The minimum atomic E-state index is -0.718. The molecule has 1 unspecified atom stereocenters. The van der Waals surface area contributed by atoms with Crippen LogP contribution in [0.1, 0.15) is 47.4 Å². The lowest BCUT2D eigenvalue weighted by atomic mass is 9.88. The molecule has 1 heterocycles. The molecule has 33 heavy (non-hydrogen) atoms. The zero-order valence-corrected chi connectivity index (χ0v) is 19.1. The van der Waals surface area contributed by atoms with Crippen molar-refractivity contribution in [2.75, 3.05) is 20.2 Å². The molecule has 0 saturated carbocycles. The van der Waals surface area contributed by atoms with Crippen LogP contribution in [0.2, 0.25) is 0 Å². The third kappa shape index (κ3) is 6.31. The SMILES string of the molecule is COc1ccc(C(=O)NC(C(=O)NC(C)C)C2CCN(C(=O)c3ccc(F)cc3)CC2)cc1. The molecule has 0 bridgehead atoms. The van der Waals surface area contributed by atoms with Gasteiger partial charge in [-0.1, -0.05) is 0 Å². The average molecular weight is 456 g/mol. The summed E-state index contributed by atoms with van der Waals surface area (Å²) in [6.45, 7) is 4.63. The van der Waals surface area contributed by atoms with Gasteiger partial charge in [0.15, 0.2) is 0 Å². The third-order valence-electron chi connectivity index (χ3n) is 5.74. The van der Waals surface area contributed by atoms with E-state index in [1.165, 1.54) is 24.3 Å². The smallest absolute Gasteiger partial charge is 0.253 e. The Labute approximate surface area is 193 Å². The molecule has 1 aliphatic heterocycles. The van der Waals surface area contributed by atoms with Gasteiger partial charge in [0, 0.05) is 30.3 Å². The number of piperidine rings is 1. The Morgan fingerprint density at radius 3 is 2.06 bits per heavy atom. The first-order chi connectivity index (χ1) is 15.8. The summed E-state index contributed by atoms with van der Waals surface area (Å²) in [6.07, 6.45) is 1.12. The maximum absolute atomic E-state index is 13.2. The van der Waals surface area contributed by atoms with Crippen molar-refractivity contribution in [2.24, 2.45) is 5.92 Å². The zero-order chi connectivity index (χ0) is 24.0. The molecule has 0 aliphatic carbocycles. The van der Waals surface area contributed by atoms with Crippen LogP contribution in [-0.4, -0.2) is 54.9 Å². The van der Waals surface area contributed by atoms with Gasteiger partial charge in [0.2, 0.25) is 5.91 Å². The molecule has 7 nitrogen and oxygen atoms in total. The van der Waals surface area contributed by atoms with Crippen LogP contribution in [0, 0.1) is 11.7 Å². The minimum Gasteiger partial charge on any atom is -0.497 e. The van der Waals surface area contributed by atoms with Crippen molar-refractivity contribution in [3.8, 4) is 5.75 Å². The predicted octanol–water partition coefficient (Wildman–Crippen LogP) is 3.01. The molecule has 1 fully saturated rings. The van der Waals surface area contributed by atoms with E-state index < -0.39 is 11.9 Å². The largest absolute Gasteiger partial charge is 0.497 e. The van der Waals surface area contributed by atoms with Crippen molar-refractivity contribution in [3.63, 3.8) is 0 Å². The number of hydrogen-bond donors (Lipinski definition) is 2. The van der Waals surface area contributed by atoms with Gasteiger partial charge >= 0.3 is 0 Å². The van der Waals surface area contributed by atoms with Gasteiger partial charge in [0.1, 0.15) is 17.6 Å². The Balaban J connectivity index is 1.68. The number of carbonyl (C=O) groups excluding carboxylic acids is 3. The first kappa shape index (κ1) is 24.2. The Morgan fingerprint density at radius 2 is 1.52 bits per heavy atom. The van der Waals surface area contributed by atoms with Gasteiger partial charge < -0.3 is 20.3 Å². The molecular weight excluding hydrogens is 425 g/mol. The summed E-state index contributed by atoms with van der Waals surface area (Å²) in [5.41, 5.74) is 0.860. The van der Waals surface area contributed by atoms with Gasteiger partial charge in [0.05, 0.1) is 7.11 Å². The first-order valence-electron chi connectivity index (χ1n) is 11.1. The highest BCUT2D eigenvalue weighted by Gasteiger charge is 2.34. The van der Waals surface area contributed by atoms with Crippen LogP contribution in [0.15, 0.2) is 48.5 Å². The van der Waals surface area contributed by atoms with Crippen LogP contribution in [0.25, 0.3) is 0 Å². The van der Waals surface area contributed by atoms with E-state index in [1.807, 2.05) is 13.8 Å². The molecule has 3 rings (SSSR count). The fourth-order valence-corrected chi connectivity index (χ4v) is 3.95. The second-order valence-corrected chi connectivity index (χ2v) is 8.48. The molecule has 2 aromatic carbocycles. The van der Waals surface area contributed by atoms with Crippen LogP contribution in [0.5, 0.6) is 5.75 Å². The number of likely N-dealkylation sites (tertiary alicyclic amines) is 1. The van der Waals surface area contributed by atoms with E-state index in [9.17, 15) is 18.8 Å². The predicted molar refractivity (Wildman–Crippen MR) is 123 cm³/mol. The van der Waals surface area contributed by atoms with E-state index in [1.54, 1.807) is 36.3 Å². The van der Waals surface area contributed by atoms with Crippen LogP contribution in [-0.2, 0) is 4.79 Å². The summed E-state index contributed by atoms with van der Waals surface area (Å²) in [7, 11) is 1.55. The second kappa shape index (κ2) is 10.9. The fraction of sp³-hybridized carbons (Fsp3) is 0.400. The number of halogens is 1. The van der Waals surface area contributed by atoms with Crippen molar-refractivity contribution in [3.05, 3.63) is 65.5 Å². The molecule has 0 aromatic heterocycles. The lowest BCUT2D eigenvalue weighted by Gasteiger charge is -2.36. The molecule has 176 valence electrons. The lowest BCUT2D eigenvalue weighted by Crippen LogP contribution is -2.54. The van der Waals surface area contributed by atoms with Crippen LogP contribution < -0.4 is 15.4 Å². The topological polar surface area (TPSA) is 87.7 Å². The minimum absolute atomic E-state index is 0.0713. The van der Waals surface area contributed by atoms with Crippen LogP contribution >= 0.6 is 0 Å². The van der Waals surface area contributed by atoms with Crippen molar-refractivity contribution in [1.29, 1.82) is 0 Å². The summed E-state index contributed by atoms with van der Waals surface area (Å²) in [5.74, 6) is -0.626. The van der Waals surface area contributed by atoms with Crippen LogP contribution in [0.3, 0.4) is 0 Å². The van der Waals surface area contributed by atoms with Crippen LogP contribution in [0.4, 0.5) is 4.39 Å². The average Bonchev–Trinajstić information content (AvgIpc) is 2.82. The summed E-state index contributed by atoms with van der Waals surface area (Å²) in [6, 6.07) is 11.4. The molecule has 1 saturated heterocycles. The molecule has 2 aromatic rings. The summed E-state index contributed by atoms with van der Waals surface area (Å²) in [5, 5.41) is 5.78. The Hall–Kier alpha value is -3.42. The highest BCUT2D eigenvalue weighted by molar-refractivity contribution is 5.98. The Morgan fingerprint density at radius 1 is 0.939 bits per heavy atom. The van der Waals surface area contributed by atoms with E-state index >= 15 is 0 Å². The van der Waals surface area contributed by atoms with Crippen molar-refractivity contribution in [1.82, 2.24) is 15.5 Å². The lowest BCUT2D eigenvalue weighted by molar-refractivity contribution is -0.125. The molecular formula is C25H30FN3O4. The van der Waals surface area contributed by atoms with Gasteiger partial charge in [-0.05, 0) is 81.1 Å². The molecule has 3 amide bonds. The maximum Gasteiger partial charge on any atom is 0.253 e. The highest BCUT2D eigenvalue weighted by atomic mass is 19.1. The number of nitrogens with one attached hydrogen (secondary N) is 2. The molecule has 2 N–H and O–H groups in total. The number of hydrogen-bond acceptors (Lipinski definition) is 4. The summed E-state index contributed by atoms with van der Waals surface area (Å²) < 4.78 is 18.3. The normalized spacial score (nSPS) is 15.1. The van der Waals surface area contributed by atoms with E-state index in [0.717, 1.165) is 0 Å². The zero-order valence-electron chi connectivity index (χ0n) is 19.1.